The number of carboxylic acids is 1. The van der Waals surface area contributed by atoms with Crippen molar-refractivity contribution >= 4 is 5.97 Å². The van der Waals surface area contributed by atoms with E-state index in [4.69, 9.17) is 10.8 Å². The first-order valence-electron chi connectivity index (χ1n) is 3.89. The summed E-state index contributed by atoms with van der Waals surface area (Å²) < 4.78 is 0. The third-order valence-electron chi connectivity index (χ3n) is 2.01. The quantitative estimate of drug-likeness (QED) is 0.476. The smallest absolute Gasteiger partial charge is 0.306 e. The van der Waals surface area contributed by atoms with E-state index in [1.165, 1.54) is 0 Å². The number of aliphatic carboxylic acids is 1. The third kappa shape index (κ3) is 2.48. The molecule has 4 nitrogen and oxygen atoms in total. The lowest BCUT2D eigenvalue weighted by Crippen LogP contribution is -2.32. The van der Waals surface area contributed by atoms with E-state index in [9.17, 15) is 4.79 Å². The first kappa shape index (κ1) is 8.49. The molecule has 0 aromatic heterocycles. The van der Waals surface area contributed by atoms with Gasteiger partial charge in [0.2, 0.25) is 0 Å². The number of nitrogens with one attached hydrogen (secondary N) is 1. The molecule has 1 aliphatic heterocycles. The number of carboxylic acid groups (broad SMARTS) is 1. The topological polar surface area (TPSA) is 75.3 Å². The molecule has 0 amide bonds. The second-order valence-electron chi connectivity index (χ2n) is 3.02. The van der Waals surface area contributed by atoms with Crippen LogP contribution in [0.15, 0.2) is 0 Å². The molecule has 4 heteroatoms. The lowest BCUT2D eigenvalue weighted by Gasteiger charge is -2.10. The molecule has 0 radical (unpaired) electrons. The van der Waals surface area contributed by atoms with Crippen molar-refractivity contribution in [2.75, 3.05) is 13.1 Å². The SMILES string of the molecule is NC1CNCCC(C(=O)O)C1. The molecule has 0 aromatic rings. The van der Waals surface area contributed by atoms with Gasteiger partial charge < -0.3 is 16.2 Å². The summed E-state index contributed by atoms with van der Waals surface area (Å²) in [4.78, 5) is 10.6. The van der Waals surface area contributed by atoms with Gasteiger partial charge in [-0.3, -0.25) is 4.79 Å². The van der Waals surface area contributed by atoms with E-state index in [1.54, 1.807) is 0 Å². The van der Waals surface area contributed by atoms with Gasteiger partial charge in [0.1, 0.15) is 0 Å². The zero-order valence-electron chi connectivity index (χ0n) is 6.42. The average Bonchev–Trinajstić information content (AvgIpc) is 2.13. The predicted octanol–water partition coefficient (Wildman–Crippen LogP) is -0.602. The van der Waals surface area contributed by atoms with Crippen LogP contribution in [-0.4, -0.2) is 30.2 Å². The molecule has 11 heavy (non-hydrogen) atoms. The van der Waals surface area contributed by atoms with Crippen molar-refractivity contribution in [1.29, 1.82) is 0 Å². The van der Waals surface area contributed by atoms with Crippen LogP contribution in [0.5, 0.6) is 0 Å². The zero-order chi connectivity index (χ0) is 8.27. The Morgan fingerprint density at radius 1 is 1.64 bits per heavy atom. The summed E-state index contributed by atoms with van der Waals surface area (Å²) in [6.45, 7) is 1.51. The summed E-state index contributed by atoms with van der Waals surface area (Å²) in [6, 6.07) is -0.00130. The highest BCUT2D eigenvalue weighted by atomic mass is 16.4. The van der Waals surface area contributed by atoms with Gasteiger partial charge in [0, 0.05) is 12.6 Å². The highest BCUT2D eigenvalue weighted by Gasteiger charge is 2.22. The van der Waals surface area contributed by atoms with E-state index in [1.807, 2.05) is 0 Å². The van der Waals surface area contributed by atoms with E-state index in [2.05, 4.69) is 5.32 Å². The molecule has 2 unspecified atom stereocenters. The lowest BCUT2D eigenvalue weighted by atomic mass is 9.99. The van der Waals surface area contributed by atoms with Gasteiger partial charge in [0.05, 0.1) is 5.92 Å². The Balaban J connectivity index is 2.45. The molecular formula is C7H14N2O2. The highest BCUT2D eigenvalue weighted by Crippen LogP contribution is 2.12. The van der Waals surface area contributed by atoms with Gasteiger partial charge in [-0.05, 0) is 19.4 Å². The van der Waals surface area contributed by atoms with E-state index in [-0.39, 0.29) is 12.0 Å². The van der Waals surface area contributed by atoms with Gasteiger partial charge in [0.15, 0.2) is 0 Å². The van der Waals surface area contributed by atoms with Crippen molar-refractivity contribution in [2.24, 2.45) is 11.7 Å². The van der Waals surface area contributed by atoms with Crippen LogP contribution in [0.1, 0.15) is 12.8 Å². The van der Waals surface area contributed by atoms with Gasteiger partial charge >= 0.3 is 5.97 Å². The fourth-order valence-electron chi connectivity index (χ4n) is 1.35. The maximum absolute atomic E-state index is 10.6. The molecule has 4 N–H and O–H groups in total. The van der Waals surface area contributed by atoms with E-state index < -0.39 is 5.97 Å². The molecule has 1 fully saturated rings. The van der Waals surface area contributed by atoms with Crippen LogP contribution < -0.4 is 11.1 Å². The van der Waals surface area contributed by atoms with Crippen molar-refractivity contribution in [1.82, 2.24) is 5.32 Å². The van der Waals surface area contributed by atoms with E-state index >= 15 is 0 Å². The fourth-order valence-corrected chi connectivity index (χ4v) is 1.35. The van der Waals surface area contributed by atoms with Crippen LogP contribution in [0.25, 0.3) is 0 Å². The molecule has 64 valence electrons. The Kier molecular flexibility index (Phi) is 2.84. The molecule has 1 saturated heterocycles. The molecule has 0 aromatic carbocycles. The summed E-state index contributed by atoms with van der Waals surface area (Å²) in [5.74, 6) is -0.968. The lowest BCUT2D eigenvalue weighted by molar-refractivity contribution is -0.142. The van der Waals surface area contributed by atoms with Crippen LogP contribution in [0.2, 0.25) is 0 Å². The Morgan fingerprint density at radius 2 is 2.36 bits per heavy atom. The van der Waals surface area contributed by atoms with Crippen molar-refractivity contribution in [3.05, 3.63) is 0 Å². The van der Waals surface area contributed by atoms with Crippen molar-refractivity contribution in [2.45, 2.75) is 18.9 Å². The molecule has 0 spiro atoms. The van der Waals surface area contributed by atoms with E-state index in [0.717, 1.165) is 13.1 Å². The first-order chi connectivity index (χ1) is 5.20. The molecule has 0 bridgehead atoms. The van der Waals surface area contributed by atoms with Crippen molar-refractivity contribution < 1.29 is 9.90 Å². The Morgan fingerprint density at radius 3 is 3.00 bits per heavy atom. The Bertz CT molecular complexity index is 149. The minimum atomic E-state index is -0.718. The largest absolute Gasteiger partial charge is 0.481 e. The number of nitrogens with two attached hydrogens (primary N) is 1. The Labute approximate surface area is 65.8 Å². The van der Waals surface area contributed by atoms with E-state index in [0.29, 0.717) is 12.8 Å². The number of rotatable bonds is 1. The maximum atomic E-state index is 10.6. The molecule has 1 aliphatic rings. The molecular weight excluding hydrogens is 144 g/mol. The summed E-state index contributed by atoms with van der Waals surface area (Å²) >= 11 is 0. The molecule has 1 rings (SSSR count). The van der Waals surface area contributed by atoms with Crippen LogP contribution in [0, 0.1) is 5.92 Å². The summed E-state index contributed by atoms with van der Waals surface area (Å²) in [5.41, 5.74) is 5.64. The fraction of sp³-hybridized carbons (Fsp3) is 0.857. The second kappa shape index (κ2) is 3.69. The standard InChI is InChI=1S/C7H14N2O2/c8-6-3-5(7(10)11)1-2-9-4-6/h5-6,9H,1-4,8H2,(H,10,11). The normalized spacial score (nSPS) is 32.8. The van der Waals surface area contributed by atoms with Gasteiger partial charge in [-0.2, -0.15) is 0 Å². The van der Waals surface area contributed by atoms with Gasteiger partial charge in [-0.1, -0.05) is 0 Å². The summed E-state index contributed by atoms with van der Waals surface area (Å²) in [7, 11) is 0. The summed E-state index contributed by atoms with van der Waals surface area (Å²) in [6.07, 6.45) is 1.30. The van der Waals surface area contributed by atoms with Crippen LogP contribution in [0.4, 0.5) is 0 Å². The van der Waals surface area contributed by atoms with Crippen molar-refractivity contribution in [3.8, 4) is 0 Å². The molecule has 0 aliphatic carbocycles. The van der Waals surface area contributed by atoms with Gasteiger partial charge in [-0.25, -0.2) is 0 Å². The molecule has 1 heterocycles. The van der Waals surface area contributed by atoms with Crippen LogP contribution in [-0.2, 0) is 4.79 Å². The molecule has 2 atom stereocenters. The monoisotopic (exact) mass is 158 g/mol. The van der Waals surface area contributed by atoms with Gasteiger partial charge in [-0.15, -0.1) is 0 Å². The van der Waals surface area contributed by atoms with Crippen LogP contribution in [0.3, 0.4) is 0 Å². The first-order valence-corrected chi connectivity index (χ1v) is 3.89. The zero-order valence-corrected chi connectivity index (χ0v) is 6.42. The Hall–Kier alpha value is -0.610. The molecule has 0 saturated carbocycles. The minimum absolute atomic E-state index is 0.00130. The minimum Gasteiger partial charge on any atom is -0.481 e. The second-order valence-corrected chi connectivity index (χ2v) is 3.02. The number of hydrogen-bond donors (Lipinski definition) is 3. The summed E-state index contributed by atoms with van der Waals surface area (Å²) in [5, 5.41) is 11.8. The third-order valence-corrected chi connectivity index (χ3v) is 2.01. The van der Waals surface area contributed by atoms with Crippen LogP contribution >= 0.6 is 0 Å². The van der Waals surface area contributed by atoms with Crippen molar-refractivity contribution in [3.63, 3.8) is 0 Å². The number of carbonyl (C=O) groups is 1. The predicted molar refractivity (Wildman–Crippen MR) is 41.2 cm³/mol. The number of hydrogen-bond acceptors (Lipinski definition) is 3. The average molecular weight is 158 g/mol. The maximum Gasteiger partial charge on any atom is 0.306 e. The highest BCUT2D eigenvalue weighted by molar-refractivity contribution is 5.70. The van der Waals surface area contributed by atoms with Gasteiger partial charge in [0.25, 0.3) is 0 Å².